The molecule has 0 aliphatic rings. The Labute approximate surface area is 108 Å². The summed E-state index contributed by atoms with van der Waals surface area (Å²) in [4.78, 5) is 11.4. The number of nitro groups is 1. The molecule has 2 aromatic rings. The average Bonchev–Trinajstić information content (AvgIpc) is 2.90. The van der Waals surface area contributed by atoms with Crippen LogP contribution in [0.1, 0.15) is 11.8 Å². The van der Waals surface area contributed by atoms with E-state index in [0.29, 0.717) is 5.69 Å². The molecule has 0 amide bonds. The fourth-order valence-electron chi connectivity index (χ4n) is 1.41. The summed E-state index contributed by atoms with van der Waals surface area (Å²) in [5.74, 6) is 0. The van der Waals surface area contributed by atoms with E-state index in [1.807, 2.05) is 24.4 Å². The summed E-state index contributed by atoms with van der Waals surface area (Å²) in [5.41, 5.74) is 3.93. The van der Waals surface area contributed by atoms with Gasteiger partial charge in [-0.15, -0.1) is 11.3 Å². The Hall–Kier alpha value is -2.21. The van der Waals surface area contributed by atoms with E-state index < -0.39 is 4.92 Å². The number of anilines is 1. The van der Waals surface area contributed by atoms with Gasteiger partial charge in [-0.3, -0.25) is 15.5 Å². The van der Waals surface area contributed by atoms with Gasteiger partial charge in [0.2, 0.25) is 0 Å². The second-order valence-corrected chi connectivity index (χ2v) is 4.51. The van der Waals surface area contributed by atoms with Gasteiger partial charge in [0.05, 0.1) is 10.6 Å². The molecule has 1 aromatic carbocycles. The van der Waals surface area contributed by atoms with Crippen molar-refractivity contribution in [2.24, 2.45) is 5.10 Å². The van der Waals surface area contributed by atoms with Gasteiger partial charge in [0.1, 0.15) is 5.69 Å². The third kappa shape index (κ3) is 2.72. The van der Waals surface area contributed by atoms with Crippen LogP contribution < -0.4 is 5.43 Å². The first-order valence-corrected chi connectivity index (χ1v) is 6.14. The van der Waals surface area contributed by atoms with Crippen molar-refractivity contribution in [3.63, 3.8) is 0 Å². The van der Waals surface area contributed by atoms with Gasteiger partial charge in [0, 0.05) is 10.9 Å². The van der Waals surface area contributed by atoms with Gasteiger partial charge in [-0.25, -0.2) is 0 Å². The summed E-state index contributed by atoms with van der Waals surface area (Å²) in [6.45, 7) is 1.85. The first-order valence-electron chi connectivity index (χ1n) is 5.26. The smallest absolute Gasteiger partial charge is 0.271 e. The van der Waals surface area contributed by atoms with E-state index in [2.05, 4.69) is 10.5 Å². The van der Waals surface area contributed by atoms with Crippen LogP contribution in [-0.4, -0.2) is 10.6 Å². The number of nitrogens with one attached hydrogen (secondary N) is 1. The van der Waals surface area contributed by atoms with Crippen LogP contribution in [0.5, 0.6) is 0 Å². The Morgan fingerprint density at radius 3 is 2.78 bits per heavy atom. The van der Waals surface area contributed by atoms with Gasteiger partial charge in [0.25, 0.3) is 5.69 Å². The van der Waals surface area contributed by atoms with Crippen molar-refractivity contribution in [1.29, 1.82) is 0 Å². The Balaban J connectivity index is 2.20. The number of rotatable bonds is 4. The maximum absolute atomic E-state index is 10.8. The lowest BCUT2D eigenvalue weighted by atomic mass is 10.3. The number of hydrazone groups is 1. The van der Waals surface area contributed by atoms with E-state index in [4.69, 9.17) is 0 Å². The molecule has 0 saturated heterocycles. The van der Waals surface area contributed by atoms with Crippen molar-refractivity contribution in [1.82, 2.24) is 0 Å². The van der Waals surface area contributed by atoms with E-state index in [1.54, 1.807) is 29.5 Å². The van der Waals surface area contributed by atoms with Crippen molar-refractivity contribution in [3.05, 3.63) is 56.8 Å². The fraction of sp³-hybridized carbons (Fsp3) is 0.0833. The molecule has 1 aromatic heterocycles. The van der Waals surface area contributed by atoms with Gasteiger partial charge in [-0.2, -0.15) is 5.10 Å². The largest absolute Gasteiger partial charge is 0.294 e. The molecule has 1 N–H and O–H groups in total. The van der Waals surface area contributed by atoms with Crippen LogP contribution in [0.4, 0.5) is 11.4 Å². The topological polar surface area (TPSA) is 67.5 Å². The van der Waals surface area contributed by atoms with Crippen molar-refractivity contribution < 1.29 is 4.92 Å². The standard InChI is InChI=1S/C12H11N3O2S/c1-9(12-7-4-8-18-12)13-14-10-5-2-3-6-11(10)15(16)17/h2-8,14H,1H3. The number of para-hydroxylation sites is 2. The van der Waals surface area contributed by atoms with Crippen LogP contribution in [0.2, 0.25) is 0 Å². The molecule has 0 radical (unpaired) electrons. The molecule has 1 heterocycles. The number of hydrogen-bond acceptors (Lipinski definition) is 5. The summed E-state index contributed by atoms with van der Waals surface area (Å²) in [6.07, 6.45) is 0. The Morgan fingerprint density at radius 1 is 1.33 bits per heavy atom. The summed E-state index contributed by atoms with van der Waals surface area (Å²) in [6, 6.07) is 10.3. The summed E-state index contributed by atoms with van der Waals surface area (Å²) >= 11 is 1.57. The highest BCUT2D eigenvalue weighted by molar-refractivity contribution is 7.12. The zero-order valence-corrected chi connectivity index (χ0v) is 10.5. The second-order valence-electron chi connectivity index (χ2n) is 3.56. The lowest BCUT2D eigenvalue weighted by Gasteiger charge is -2.02. The molecule has 0 atom stereocenters. The van der Waals surface area contributed by atoms with E-state index >= 15 is 0 Å². The van der Waals surface area contributed by atoms with Crippen LogP contribution in [-0.2, 0) is 0 Å². The number of nitrogens with zero attached hydrogens (tertiary/aromatic N) is 2. The van der Waals surface area contributed by atoms with Crippen LogP contribution in [0, 0.1) is 10.1 Å². The van der Waals surface area contributed by atoms with Gasteiger partial charge in [-0.05, 0) is 24.4 Å². The number of benzene rings is 1. The highest BCUT2D eigenvalue weighted by atomic mass is 32.1. The maximum atomic E-state index is 10.8. The summed E-state index contributed by atoms with van der Waals surface area (Å²) in [5, 5.41) is 16.9. The van der Waals surface area contributed by atoms with Crippen molar-refractivity contribution in [2.75, 3.05) is 5.43 Å². The van der Waals surface area contributed by atoms with Gasteiger partial charge in [0.15, 0.2) is 0 Å². The summed E-state index contributed by atoms with van der Waals surface area (Å²) in [7, 11) is 0. The molecule has 0 bridgehead atoms. The second kappa shape index (κ2) is 5.42. The van der Waals surface area contributed by atoms with Crippen molar-refractivity contribution in [3.8, 4) is 0 Å². The van der Waals surface area contributed by atoms with Crippen LogP contribution in [0.25, 0.3) is 0 Å². The van der Waals surface area contributed by atoms with Crippen molar-refractivity contribution in [2.45, 2.75) is 6.92 Å². The molecule has 6 heteroatoms. The Bertz CT molecular complexity index is 579. The van der Waals surface area contributed by atoms with E-state index in [9.17, 15) is 10.1 Å². The molecule has 2 rings (SSSR count). The fourth-order valence-corrected chi connectivity index (χ4v) is 2.09. The molecule has 92 valence electrons. The first kappa shape index (κ1) is 12.3. The van der Waals surface area contributed by atoms with E-state index in [-0.39, 0.29) is 5.69 Å². The molecular weight excluding hydrogens is 250 g/mol. The molecule has 0 saturated carbocycles. The number of nitro benzene ring substituents is 1. The normalized spacial score (nSPS) is 11.3. The molecule has 5 nitrogen and oxygen atoms in total. The first-order chi connectivity index (χ1) is 8.68. The summed E-state index contributed by atoms with van der Waals surface area (Å²) < 4.78 is 0. The predicted molar refractivity (Wildman–Crippen MR) is 73.2 cm³/mol. The quantitative estimate of drug-likeness (QED) is 0.520. The third-order valence-electron chi connectivity index (χ3n) is 2.32. The van der Waals surface area contributed by atoms with Crippen molar-refractivity contribution >= 4 is 28.4 Å². The minimum absolute atomic E-state index is 0.0141. The highest BCUT2D eigenvalue weighted by Gasteiger charge is 2.11. The Kier molecular flexibility index (Phi) is 3.69. The molecule has 0 fully saturated rings. The predicted octanol–water partition coefficient (Wildman–Crippen LogP) is 3.49. The monoisotopic (exact) mass is 261 g/mol. The van der Waals surface area contributed by atoms with Crippen LogP contribution in [0.3, 0.4) is 0 Å². The lowest BCUT2D eigenvalue weighted by Crippen LogP contribution is -2.00. The molecular formula is C12H11N3O2S. The van der Waals surface area contributed by atoms with Gasteiger partial charge >= 0.3 is 0 Å². The van der Waals surface area contributed by atoms with Gasteiger partial charge < -0.3 is 0 Å². The van der Waals surface area contributed by atoms with E-state index in [0.717, 1.165) is 10.6 Å². The SMILES string of the molecule is CC(=NNc1ccccc1[N+](=O)[O-])c1cccs1. The van der Waals surface area contributed by atoms with Crippen LogP contribution >= 0.6 is 11.3 Å². The maximum Gasteiger partial charge on any atom is 0.294 e. The minimum Gasteiger partial charge on any atom is -0.271 e. The zero-order chi connectivity index (χ0) is 13.0. The molecule has 0 unspecified atom stereocenters. The third-order valence-corrected chi connectivity index (χ3v) is 3.30. The average molecular weight is 261 g/mol. The molecule has 0 aliphatic heterocycles. The number of hydrogen-bond donors (Lipinski definition) is 1. The lowest BCUT2D eigenvalue weighted by molar-refractivity contribution is -0.384. The molecule has 0 aliphatic carbocycles. The number of thiophene rings is 1. The van der Waals surface area contributed by atoms with Gasteiger partial charge in [-0.1, -0.05) is 18.2 Å². The zero-order valence-electron chi connectivity index (χ0n) is 9.66. The van der Waals surface area contributed by atoms with E-state index in [1.165, 1.54) is 6.07 Å². The molecule has 18 heavy (non-hydrogen) atoms. The molecule has 0 spiro atoms. The minimum atomic E-state index is -0.432. The Morgan fingerprint density at radius 2 is 2.11 bits per heavy atom. The van der Waals surface area contributed by atoms with Crippen LogP contribution in [0.15, 0.2) is 46.9 Å². The highest BCUT2D eigenvalue weighted by Crippen LogP contribution is 2.23.